The second-order valence-corrected chi connectivity index (χ2v) is 7.08. The average molecular weight is 447 g/mol. The number of hydrogen-bond acceptors (Lipinski definition) is 7. The molecule has 0 aliphatic rings. The smallest absolute Gasteiger partial charge is 0.421 e. The van der Waals surface area contributed by atoms with Gasteiger partial charge in [0.15, 0.2) is 0 Å². The van der Waals surface area contributed by atoms with Crippen molar-refractivity contribution >= 4 is 28.8 Å². The van der Waals surface area contributed by atoms with Gasteiger partial charge in [-0.25, -0.2) is 4.98 Å². The number of nitrogens with zero attached hydrogens (tertiary/aromatic N) is 4. The van der Waals surface area contributed by atoms with Crippen LogP contribution < -0.4 is 15.0 Å². The van der Waals surface area contributed by atoms with E-state index in [1.54, 1.807) is 31.3 Å². The number of nitro groups is 1. The lowest BCUT2D eigenvalue weighted by atomic mass is 10.2. The number of hydrogen-bond donors (Lipinski definition) is 1. The van der Waals surface area contributed by atoms with Gasteiger partial charge in [0.2, 0.25) is 5.95 Å². The van der Waals surface area contributed by atoms with Crippen molar-refractivity contribution in [2.45, 2.75) is 26.1 Å². The van der Waals surface area contributed by atoms with Crippen LogP contribution in [0, 0.1) is 10.1 Å². The fourth-order valence-electron chi connectivity index (χ4n) is 2.78. The SMILES string of the molecule is CC(C)Oc1ccc(N(C)c2ncc(C(F)(F)F)c(Nc3ccc([N+](=O)[O-])cc3)n2)cc1. The van der Waals surface area contributed by atoms with Crippen LogP contribution in [0.2, 0.25) is 0 Å². The van der Waals surface area contributed by atoms with Gasteiger partial charge < -0.3 is 15.0 Å². The number of halogens is 3. The highest BCUT2D eigenvalue weighted by molar-refractivity contribution is 5.64. The van der Waals surface area contributed by atoms with E-state index in [4.69, 9.17) is 4.74 Å². The molecule has 0 saturated carbocycles. The number of rotatable bonds is 7. The van der Waals surface area contributed by atoms with Crippen molar-refractivity contribution in [1.29, 1.82) is 0 Å². The number of anilines is 4. The Labute approximate surface area is 181 Å². The Hall–Kier alpha value is -3.89. The monoisotopic (exact) mass is 447 g/mol. The van der Waals surface area contributed by atoms with Crippen LogP contribution >= 0.6 is 0 Å². The summed E-state index contributed by atoms with van der Waals surface area (Å²) in [6.45, 7) is 3.80. The molecule has 1 aromatic heterocycles. The van der Waals surface area contributed by atoms with Crippen LogP contribution in [-0.2, 0) is 6.18 Å². The lowest BCUT2D eigenvalue weighted by Crippen LogP contribution is -2.17. The molecule has 0 aliphatic heterocycles. The maximum absolute atomic E-state index is 13.5. The topological polar surface area (TPSA) is 93.4 Å². The highest BCUT2D eigenvalue weighted by Crippen LogP contribution is 2.36. The molecule has 32 heavy (non-hydrogen) atoms. The number of nitrogens with one attached hydrogen (secondary N) is 1. The number of alkyl halides is 3. The van der Waals surface area contributed by atoms with E-state index in [9.17, 15) is 23.3 Å². The molecule has 3 aromatic rings. The molecule has 0 saturated heterocycles. The highest BCUT2D eigenvalue weighted by Gasteiger charge is 2.35. The second kappa shape index (κ2) is 9.08. The maximum atomic E-state index is 13.5. The van der Waals surface area contributed by atoms with Crippen molar-refractivity contribution in [3.05, 3.63) is 70.4 Å². The molecule has 1 N–H and O–H groups in total. The number of benzene rings is 2. The fourth-order valence-corrected chi connectivity index (χ4v) is 2.78. The third-order valence-corrected chi connectivity index (χ3v) is 4.32. The zero-order valence-electron chi connectivity index (χ0n) is 17.4. The van der Waals surface area contributed by atoms with Gasteiger partial charge in [-0.3, -0.25) is 10.1 Å². The molecule has 0 unspecified atom stereocenters. The maximum Gasteiger partial charge on any atom is 0.421 e. The molecule has 0 radical (unpaired) electrons. The Kier molecular flexibility index (Phi) is 6.47. The first-order chi connectivity index (χ1) is 15.0. The van der Waals surface area contributed by atoms with Crippen molar-refractivity contribution in [1.82, 2.24) is 9.97 Å². The third kappa shape index (κ3) is 5.42. The zero-order valence-corrected chi connectivity index (χ0v) is 17.4. The minimum Gasteiger partial charge on any atom is -0.491 e. The number of nitro benzene ring substituents is 1. The van der Waals surface area contributed by atoms with Gasteiger partial charge in [-0.15, -0.1) is 0 Å². The Morgan fingerprint density at radius 2 is 1.72 bits per heavy atom. The van der Waals surface area contributed by atoms with Crippen LogP contribution in [0.25, 0.3) is 0 Å². The van der Waals surface area contributed by atoms with Gasteiger partial charge in [0.1, 0.15) is 17.1 Å². The van der Waals surface area contributed by atoms with Crippen molar-refractivity contribution in [3.63, 3.8) is 0 Å². The van der Waals surface area contributed by atoms with E-state index in [-0.39, 0.29) is 23.4 Å². The van der Waals surface area contributed by atoms with Crippen molar-refractivity contribution in [3.8, 4) is 5.75 Å². The van der Waals surface area contributed by atoms with Gasteiger partial charge in [-0.05, 0) is 50.2 Å². The van der Waals surface area contributed by atoms with Crippen molar-refractivity contribution in [2.75, 3.05) is 17.3 Å². The van der Waals surface area contributed by atoms with E-state index in [0.29, 0.717) is 17.6 Å². The Balaban J connectivity index is 1.91. The molecular weight excluding hydrogens is 427 g/mol. The first-order valence-corrected chi connectivity index (χ1v) is 9.51. The summed E-state index contributed by atoms with van der Waals surface area (Å²) in [6.07, 6.45) is -4.00. The summed E-state index contributed by atoms with van der Waals surface area (Å²) in [6, 6.07) is 11.9. The van der Waals surface area contributed by atoms with Crippen LogP contribution in [0.5, 0.6) is 5.75 Å². The molecule has 8 nitrogen and oxygen atoms in total. The fraction of sp³-hybridized carbons (Fsp3) is 0.238. The highest BCUT2D eigenvalue weighted by atomic mass is 19.4. The molecule has 1 heterocycles. The van der Waals surface area contributed by atoms with E-state index in [1.807, 2.05) is 13.8 Å². The Morgan fingerprint density at radius 1 is 1.09 bits per heavy atom. The van der Waals surface area contributed by atoms with Crippen LogP contribution in [0.15, 0.2) is 54.7 Å². The molecule has 2 aromatic carbocycles. The molecule has 0 atom stereocenters. The quantitative estimate of drug-likeness (QED) is 0.367. The summed E-state index contributed by atoms with van der Waals surface area (Å²) < 4.78 is 46.1. The summed E-state index contributed by atoms with van der Waals surface area (Å²) in [5.74, 6) is 0.217. The zero-order chi connectivity index (χ0) is 23.5. The Morgan fingerprint density at radius 3 is 2.25 bits per heavy atom. The molecule has 11 heteroatoms. The number of ether oxygens (including phenoxy) is 1. The minimum absolute atomic E-state index is 0.00452. The predicted octanol–water partition coefficient (Wildman–Crippen LogP) is 5.70. The van der Waals surface area contributed by atoms with Crippen molar-refractivity contribution < 1.29 is 22.8 Å². The summed E-state index contributed by atoms with van der Waals surface area (Å²) in [4.78, 5) is 19.6. The predicted molar refractivity (Wildman–Crippen MR) is 114 cm³/mol. The van der Waals surface area contributed by atoms with Crippen LogP contribution in [-0.4, -0.2) is 28.0 Å². The van der Waals surface area contributed by atoms with Crippen molar-refractivity contribution in [2.24, 2.45) is 0 Å². The first kappa shape index (κ1) is 22.8. The number of aromatic nitrogens is 2. The van der Waals surface area contributed by atoms with Crippen LogP contribution in [0.4, 0.5) is 42.0 Å². The molecule has 168 valence electrons. The normalized spacial score (nSPS) is 11.3. The molecule has 3 rings (SSSR count). The van der Waals surface area contributed by atoms with Crippen LogP contribution in [0.3, 0.4) is 0 Å². The lowest BCUT2D eigenvalue weighted by Gasteiger charge is -2.20. The standard InChI is InChI=1S/C21H20F3N5O3/c1-13(2)32-17-10-8-15(9-11-17)28(3)20-25-12-18(21(22,23)24)19(27-20)26-14-4-6-16(7-5-14)29(30)31/h4-13H,1-3H3,(H,25,26,27). The first-order valence-electron chi connectivity index (χ1n) is 9.51. The minimum atomic E-state index is -4.70. The van der Waals surface area contributed by atoms with Gasteiger partial charge in [0.05, 0.1) is 11.0 Å². The largest absolute Gasteiger partial charge is 0.491 e. The van der Waals surface area contributed by atoms with Gasteiger partial charge in [-0.2, -0.15) is 18.2 Å². The molecule has 0 fully saturated rings. The number of non-ortho nitro benzene ring substituents is 1. The van der Waals surface area contributed by atoms with Crippen LogP contribution in [0.1, 0.15) is 19.4 Å². The van der Waals surface area contributed by atoms with Gasteiger partial charge in [0, 0.05) is 36.8 Å². The van der Waals surface area contributed by atoms with E-state index in [2.05, 4.69) is 15.3 Å². The Bertz CT molecular complexity index is 1090. The van der Waals surface area contributed by atoms with Gasteiger partial charge in [-0.1, -0.05) is 0 Å². The molecular formula is C21H20F3N5O3. The lowest BCUT2D eigenvalue weighted by molar-refractivity contribution is -0.384. The summed E-state index contributed by atoms with van der Waals surface area (Å²) in [5.41, 5.74) is -0.390. The second-order valence-electron chi connectivity index (χ2n) is 7.08. The van der Waals surface area contributed by atoms with Gasteiger partial charge in [0.25, 0.3) is 5.69 Å². The third-order valence-electron chi connectivity index (χ3n) is 4.32. The molecule has 0 bridgehead atoms. The van der Waals surface area contributed by atoms with E-state index in [1.165, 1.54) is 29.2 Å². The average Bonchev–Trinajstić information content (AvgIpc) is 2.73. The molecule has 0 spiro atoms. The van der Waals surface area contributed by atoms with E-state index < -0.39 is 22.5 Å². The molecule has 0 aliphatic carbocycles. The summed E-state index contributed by atoms with van der Waals surface area (Å²) in [7, 11) is 1.62. The molecule has 0 amide bonds. The van der Waals surface area contributed by atoms with E-state index >= 15 is 0 Å². The summed E-state index contributed by atoms with van der Waals surface area (Å²) in [5, 5.41) is 13.4. The van der Waals surface area contributed by atoms with E-state index in [0.717, 1.165) is 0 Å². The van der Waals surface area contributed by atoms with Gasteiger partial charge >= 0.3 is 6.18 Å². The summed E-state index contributed by atoms with van der Waals surface area (Å²) >= 11 is 0.